The molecule has 0 spiro atoms. The summed E-state index contributed by atoms with van der Waals surface area (Å²) in [4.78, 5) is 17.8. The van der Waals surface area contributed by atoms with Gasteiger partial charge in [0.25, 0.3) is 0 Å². The largest absolute Gasteiger partial charge is 0.448 e. The second-order valence-electron chi connectivity index (χ2n) is 11.2. The third kappa shape index (κ3) is 5.71. The number of benzene rings is 1. The Labute approximate surface area is 221 Å². The molecule has 36 heavy (non-hydrogen) atoms. The Morgan fingerprint density at radius 2 is 1.69 bits per heavy atom. The third-order valence-electron chi connectivity index (χ3n) is 8.66. The number of nitrogens with zero attached hydrogens (tertiary/aromatic N) is 3. The minimum Gasteiger partial charge on any atom is -0.448 e. The summed E-state index contributed by atoms with van der Waals surface area (Å²) in [7, 11) is -3.72. The lowest BCUT2D eigenvalue weighted by molar-refractivity contribution is 0.0176. The van der Waals surface area contributed by atoms with Gasteiger partial charge in [-0.2, -0.15) is 4.31 Å². The standard InChI is InChI=1S/C27H40ClN3O4S/c1-20-18-29(23-6-3-2-4-7-23)16-17-30(20)27(32)35-19-24-8-5-9-26(21-10-11-21)31(24)36(33,34)25-14-12-22(28)13-15-25/h12-15,20-21,23-24,26H,2-11,16-19H2,1H3/t20?,24-,26+/m1/s1. The first-order chi connectivity index (χ1) is 17.3. The maximum atomic E-state index is 13.8. The molecule has 2 heterocycles. The number of carbonyl (C=O) groups is 1. The first kappa shape index (κ1) is 26.3. The van der Waals surface area contributed by atoms with Gasteiger partial charge >= 0.3 is 6.09 Å². The second-order valence-corrected chi connectivity index (χ2v) is 13.5. The molecule has 5 rings (SSSR count). The summed E-state index contributed by atoms with van der Waals surface area (Å²) < 4.78 is 35.0. The zero-order valence-corrected chi connectivity index (χ0v) is 22.9. The Hall–Kier alpha value is -1.35. The average Bonchev–Trinajstić information content (AvgIpc) is 3.73. The number of amides is 1. The number of sulfonamides is 1. The highest BCUT2D eigenvalue weighted by molar-refractivity contribution is 7.89. The van der Waals surface area contributed by atoms with Crippen molar-refractivity contribution in [3.8, 4) is 0 Å². The van der Waals surface area contributed by atoms with Crippen LogP contribution < -0.4 is 0 Å². The van der Waals surface area contributed by atoms with Gasteiger partial charge in [0.1, 0.15) is 6.61 Å². The fraction of sp³-hybridized carbons (Fsp3) is 0.741. The van der Waals surface area contributed by atoms with Crippen molar-refractivity contribution in [2.75, 3.05) is 26.2 Å². The number of hydrogen-bond acceptors (Lipinski definition) is 5. The zero-order valence-electron chi connectivity index (χ0n) is 21.4. The van der Waals surface area contributed by atoms with Gasteiger partial charge in [-0.05, 0) is 75.6 Å². The van der Waals surface area contributed by atoms with E-state index in [1.54, 1.807) is 28.6 Å². The lowest BCUT2D eigenvalue weighted by Gasteiger charge is -2.44. The van der Waals surface area contributed by atoms with E-state index in [2.05, 4.69) is 11.8 Å². The van der Waals surface area contributed by atoms with E-state index < -0.39 is 10.0 Å². The van der Waals surface area contributed by atoms with Gasteiger partial charge in [0.2, 0.25) is 10.0 Å². The topological polar surface area (TPSA) is 70.2 Å². The first-order valence-corrected chi connectivity index (χ1v) is 15.6. The average molecular weight is 538 g/mol. The molecule has 0 bridgehead atoms. The molecule has 9 heteroatoms. The van der Waals surface area contributed by atoms with E-state index in [-0.39, 0.29) is 35.7 Å². The predicted molar refractivity (Wildman–Crippen MR) is 141 cm³/mol. The monoisotopic (exact) mass is 537 g/mol. The van der Waals surface area contributed by atoms with E-state index in [9.17, 15) is 13.2 Å². The molecule has 4 aliphatic rings. The van der Waals surface area contributed by atoms with E-state index >= 15 is 0 Å². The molecule has 2 saturated heterocycles. The zero-order chi connectivity index (χ0) is 25.3. The molecule has 2 aliphatic carbocycles. The van der Waals surface area contributed by atoms with Gasteiger partial charge in [-0.15, -0.1) is 0 Å². The Morgan fingerprint density at radius 1 is 0.972 bits per heavy atom. The number of halogens is 1. The molecule has 200 valence electrons. The summed E-state index contributed by atoms with van der Waals surface area (Å²) in [5.74, 6) is 0.401. The number of ether oxygens (including phenoxy) is 1. The van der Waals surface area contributed by atoms with Crippen molar-refractivity contribution in [1.82, 2.24) is 14.1 Å². The normalized spacial score (nSPS) is 29.3. The lowest BCUT2D eigenvalue weighted by atomic mass is 9.93. The van der Waals surface area contributed by atoms with Crippen LogP contribution in [0.25, 0.3) is 0 Å². The third-order valence-corrected chi connectivity index (χ3v) is 10.9. The summed E-state index contributed by atoms with van der Waals surface area (Å²) in [5, 5.41) is 0.509. The van der Waals surface area contributed by atoms with Crippen LogP contribution in [0, 0.1) is 5.92 Å². The smallest absolute Gasteiger partial charge is 0.410 e. The van der Waals surface area contributed by atoms with Crippen LogP contribution in [-0.2, 0) is 14.8 Å². The molecule has 1 amide bonds. The van der Waals surface area contributed by atoms with Gasteiger partial charge in [-0.1, -0.05) is 37.3 Å². The Kier molecular flexibility index (Phi) is 8.15. The van der Waals surface area contributed by atoms with Crippen molar-refractivity contribution >= 4 is 27.7 Å². The molecule has 4 fully saturated rings. The Balaban J connectivity index is 1.24. The SMILES string of the molecule is CC1CN(C2CCCCC2)CCN1C(=O)OC[C@H]1CCC[C@@H](C2CC2)N1S(=O)(=O)c1ccc(Cl)cc1. The fourth-order valence-corrected chi connectivity index (χ4v) is 8.60. The van der Waals surface area contributed by atoms with Crippen molar-refractivity contribution in [3.05, 3.63) is 29.3 Å². The predicted octanol–water partition coefficient (Wildman–Crippen LogP) is 5.14. The highest BCUT2D eigenvalue weighted by Gasteiger charge is 2.46. The Morgan fingerprint density at radius 3 is 2.36 bits per heavy atom. The van der Waals surface area contributed by atoms with Gasteiger partial charge in [-0.25, -0.2) is 13.2 Å². The fourth-order valence-electron chi connectivity index (χ4n) is 6.56. The Bertz CT molecular complexity index is 1010. The summed E-state index contributed by atoms with van der Waals surface area (Å²) in [5.41, 5.74) is 0. The molecule has 1 unspecified atom stereocenters. The minimum absolute atomic E-state index is 0.0268. The van der Waals surface area contributed by atoms with Crippen LogP contribution >= 0.6 is 11.6 Å². The number of piperazine rings is 1. The van der Waals surface area contributed by atoms with E-state index in [1.165, 1.54) is 32.1 Å². The van der Waals surface area contributed by atoms with Crippen LogP contribution in [0.2, 0.25) is 5.02 Å². The van der Waals surface area contributed by atoms with Crippen LogP contribution in [0.4, 0.5) is 4.79 Å². The lowest BCUT2D eigenvalue weighted by Crippen LogP contribution is -2.57. The molecule has 1 aromatic rings. The van der Waals surface area contributed by atoms with Crippen molar-refractivity contribution in [1.29, 1.82) is 0 Å². The molecule has 2 aliphatic heterocycles. The number of carbonyl (C=O) groups excluding carboxylic acids is 1. The van der Waals surface area contributed by atoms with Crippen LogP contribution in [-0.4, -0.2) is 79.0 Å². The van der Waals surface area contributed by atoms with Crippen LogP contribution in [0.15, 0.2) is 29.2 Å². The van der Waals surface area contributed by atoms with Gasteiger partial charge in [0.15, 0.2) is 0 Å². The van der Waals surface area contributed by atoms with Crippen molar-refractivity contribution in [2.24, 2.45) is 5.92 Å². The molecular weight excluding hydrogens is 498 g/mol. The summed E-state index contributed by atoms with van der Waals surface area (Å²) in [6, 6.07) is 6.76. The maximum absolute atomic E-state index is 13.8. The highest BCUT2D eigenvalue weighted by Crippen LogP contribution is 2.43. The van der Waals surface area contributed by atoms with Crippen molar-refractivity contribution < 1.29 is 17.9 Å². The van der Waals surface area contributed by atoms with E-state index in [1.807, 2.05) is 4.90 Å². The summed E-state index contributed by atoms with van der Waals surface area (Å²) >= 11 is 6.01. The molecule has 0 radical (unpaired) electrons. The van der Waals surface area contributed by atoms with Crippen LogP contribution in [0.1, 0.15) is 71.1 Å². The molecule has 7 nitrogen and oxygen atoms in total. The molecule has 1 aromatic carbocycles. The summed E-state index contributed by atoms with van der Waals surface area (Å²) in [6.07, 6.45) is 10.8. The molecule has 0 aromatic heterocycles. The van der Waals surface area contributed by atoms with Crippen molar-refractivity contribution in [2.45, 2.75) is 100 Å². The minimum atomic E-state index is -3.72. The molecule has 0 N–H and O–H groups in total. The van der Waals surface area contributed by atoms with E-state index in [0.717, 1.165) is 38.8 Å². The van der Waals surface area contributed by atoms with Crippen LogP contribution in [0.3, 0.4) is 0 Å². The van der Waals surface area contributed by atoms with Gasteiger partial charge in [0.05, 0.1) is 10.9 Å². The van der Waals surface area contributed by atoms with E-state index in [0.29, 0.717) is 29.9 Å². The van der Waals surface area contributed by atoms with E-state index in [4.69, 9.17) is 16.3 Å². The first-order valence-electron chi connectivity index (χ1n) is 13.8. The number of rotatable bonds is 6. The number of piperidine rings is 1. The molecule has 3 atom stereocenters. The van der Waals surface area contributed by atoms with Crippen LogP contribution in [0.5, 0.6) is 0 Å². The highest BCUT2D eigenvalue weighted by atomic mass is 35.5. The second kappa shape index (κ2) is 11.2. The summed E-state index contributed by atoms with van der Waals surface area (Å²) in [6.45, 7) is 4.62. The van der Waals surface area contributed by atoms with Gasteiger partial charge in [-0.3, -0.25) is 4.90 Å². The molecular formula is C27H40ClN3O4S. The van der Waals surface area contributed by atoms with Gasteiger partial charge < -0.3 is 9.64 Å². The number of hydrogen-bond donors (Lipinski definition) is 0. The quantitative estimate of drug-likeness (QED) is 0.502. The van der Waals surface area contributed by atoms with Gasteiger partial charge in [0, 0.05) is 42.8 Å². The van der Waals surface area contributed by atoms with Crippen molar-refractivity contribution in [3.63, 3.8) is 0 Å². The molecule has 2 saturated carbocycles. The maximum Gasteiger partial charge on any atom is 0.410 e.